The van der Waals surface area contributed by atoms with Crippen LogP contribution in [0.25, 0.3) is 17.3 Å². The van der Waals surface area contributed by atoms with Gasteiger partial charge < -0.3 is 5.32 Å². The topological polar surface area (TPSA) is 45.2 Å². The number of piperidine rings is 1. The normalized spacial score (nSPS) is 15.6. The van der Waals surface area contributed by atoms with E-state index in [1.165, 1.54) is 5.56 Å². The lowest BCUT2D eigenvalue weighted by molar-refractivity contribution is -0.121. The summed E-state index contributed by atoms with van der Waals surface area (Å²) >= 11 is 1.57. The largest absolute Gasteiger partial charge is 0.326 e. The minimum absolute atomic E-state index is 0.0762. The van der Waals surface area contributed by atoms with Crippen molar-refractivity contribution in [3.63, 3.8) is 0 Å². The molecule has 3 aromatic rings. The fourth-order valence-corrected chi connectivity index (χ4v) is 4.20. The third kappa shape index (κ3) is 5.40. The van der Waals surface area contributed by atoms with Gasteiger partial charge in [0.25, 0.3) is 0 Å². The number of rotatable bonds is 6. The number of hydrogen-bond acceptors (Lipinski definition) is 4. The van der Waals surface area contributed by atoms with E-state index in [-0.39, 0.29) is 11.8 Å². The van der Waals surface area contributed by atoms with E-state index in [9.17, 15) is 4.79 Å². The van der Waals surface area contributed by atoms with E-state index >= 15 is 0 Å². The standard InChI is InChI=1S/C24H25N3OS/c28-24(26-22-10-4-9-21(16-22)23-17-29-18-25-23)20-11-14-27(15-12-20)13-5-8-19-6-2-1-3-7-19/h1-10,16-18,20H,11-15H2,(H,26,28). The SMILES string of the molecule is O=C(Nc1cccc(-c2cscn2)c1)C1CCN(CC=Cc2ccccc2)CC1. The summed E-state index contributed by atoms with van der Waals surface area (Å²) in [5.74, 6) is 0.201. The van der Waals surface area contributed by atoms with Crippen molar-refractivity contribution in [2.45, 2.75) is 12.8 Å². The van der Waals surface area contributed by atoms with E-state index in [4.69, 9.17) is 0 Å². The lowest BCUT2D eigenvalue weighted by Crippen LogP contribution is -2.38. The zero-order chi connectivity index (χ0) is 19.9. The Morgan fingerprint density at radius 2 is 1.97 bits per heavy atom. The molecule has 0 radical (unpaired) electrons. The summed E-state index contributed by atoms with van der Waals surface area (Å²) in [6.07, 6.45) is 6.17. The molecular weight excluding hydrogens is 378 g/mol. The molecule has 4 rings (SSSR count). The van der Waals surface area contributed by atoms with Crippen molar-refractivity contribution < 1.29 is 4.79 Å². The van der Waals surface area contributed by atoms with Gasteiger partial charge in [0, 0.05) is 29.1 Å². The van der Waals surface area contributed by atoms with Crippen molar-refractivity contribution in [2.24, 2.45) is 5.92 Å². The van der Waals surface area contributed by atoms with Crippen LogP contribution in [0.5, 0.6) is 0 Å². The number of hydrogen-bond donors (Lipinski definition) is 1. The van der Waals surface area contributed by atoms with Crippen LogP contribution in [-0.2, 0) is 4.79 Å². The Hall–Kier alpha value is -2.76. The van der Waals surface area contributed by atoms with Gasteiger partial charge in [-0.15, -0.1) is 11.3 Å². The molecule has 1 amide bonds. The maximum atomic E-state index is 12.7. The lowest BCUT2D eigenvalue weighted by atomic mass is 9.95. The fraction of sp³-hybridized carbons (Fsp3) is 0.250. The zero-order valence-corrected chi connectivity index (χ0v) is 17.1. The predicted molar refractivity (Wildman–Crippen MR) is 121 cm³/mol. The number of carbonyl (C=O) groups is 1. The van der Waals surface area contributed by atoms with Crippen molar-refractivity contribution in [1.82, 2.24) is 9.88 Å². The highest BCUT2D eigenvalue weighted by Gasteiger charge is 2.24. The van der Waals surface area contributed by atoms with Gasteiger partial charge in [-0.05, 0) is 43.6 Å². The van der Waals surface area contributed by atoms with Gasteiger partial charge in [-0.3, -0.25) is 9.69 Å². The first-order chi connectivity index (χ1) is 14.3. The summed E-state index contributed by atoms with van der Waals surface area (Å²) in [6, 6.07) is 18.3. The van der Waals surface area contributed by atoms with Gasteiger partial charge in [-0.1, -0.05) is 54.6 Å². The minimum Gasteiger partial charge on any atom is -0.326 e. The molecule has 0 unspecified atom stereocenters. The van der Waals surface area contributed by atoms with Gasteiger partial charge in [0.15, 0.2) is 0 Å². The second-order valence-electron chi connectivity index (χ2n) is 7.33. The molecule has 1 saturated heterocycles. The van der Waals surface area contributed by atoms with Gasteiger partial charge in [0.05, 0.1) is 11.2 Å². The average molecular weight is 404 g/mol. The predicted octanol–water partition coefficient (Wildman–Crippen LogP) is 5.17. The highest BCUT2D eigenvalue weighted by molar-refractivity contribution is 7.07. The number of nitrogens with one attached hydrogen (secondary N) is 1. The number of benzene rings is 2. The lowest BCUT2D eigenvalue weighted by Gasteiger charge is -2.30. The summed E-state index contributed by atoms with van der Waals surface area (Å²) in [4.78, 5) is 19.5. The molecule has 0 atom stereocenters. The highest BCUT2D eigenvalue weighted by Crippen LogP contribution is 2.24. The second kappa shape index (κ2) is 9.63. The Balaban J connectivity index is 1.26. The molecule has 0 bridgehead atoms. The van der Waals surface area contributed by atoms with Crippen LogP contribution in [0.3, 0.4) is 0 Å². The van der Waals surface area contributed by atoms with E-state index in [1.807, 2.05) is 41.2 Å². The van der Waals surface area contributed by atoms with Crippen LogP contribution in [0.2, 0.25) is 0 Å². The Labute approximate surface area is 175 Å². The first kappa shape index (κ1) is 19.6. The molecule has 5 heteroatoms. The molecule has 1 aromatic heterocycles. The Morgan fingerprint density at radius 3 is 2.72 bits per heavy atom. The van der Waals surface area contributed by atoms with Crippen LogP contribution < -0.4 is 5.32 Å². The Kier molecular flexibility index (Phi) is 6.49. The van der Waals surface area contributed by atoms with Crippen molar-refractivity contribution >= 4 is 29.0 Å². The van der Waals surface area contributed by atoms with Gasteiger partial charge in [0.1, 0.15) is 0 Å². The molecule has 148 valence electrons. The van der Waals surface area contributed by atoms with Crippen molar-refractivity contribution in [3.05, 3.63) is 77.1 Å². The van der Waals surface area contributed by atoms with E-state index in [0.717, 1.165) is 49.4 Å². The van der Waals surface area contributed by atoms with Crippen molar-refractivity contribution in [1.29, 1.82) is 0 Å². The Morgan fingerprint density at radius 1 is 1.14 bits per heavy atom. The summed E-state index contributed by atoms with van der Waals surface area (Å²) in [6.45, 7) is 2.84. The number of likely N-dealkylation sites (tertiary alicyclic amines) is 1. The number of amides is 1. The second-order valence-corrected chi connectivity index (χ2v) is 8.05. The number of nitrogens with zero attached hydrogens (tertiary/aromatic N) is 2. The minimum atomic E-state index is 0.0762. The quantitative estimate of drug-likeness (QED) is 0.617. The van der Waals surface area contributed by atoms with Crippen LogP contribution in [0.15, 0.2) is 71.6 Å². The van der Waals surface area contributed by atoms with E-state index in [1.54, 1.807) is 11.3 Å². The monoisotopic (exact) mass is 403 g/mol. The third-order valence-corrected chi connectivity index (χ3v) is 5.88. The van der Waals surface area contributed by atoms with Gasteiger partial charge in [-0.25, -0.2) is 4.98 Å². The van der Waals surface area contributed by atoms with Crippen molar-refractivity contribution in [2.75, 3.05) is 25.0 Å². The smallest absolute Gasteiger partial charge is 0.227 e. The third-order valence-electron chi connectivity index (χ3n) is 5.29. The van der Waals surface area contributed by atoms with Crippen LogP contribution >= 0.6 is 11.3 Å². The number of thiazole rings is 1. The number of carbonyl (C=O) groups excluding carboxylic acids is 1. The molecule has 0 spiro atoms. The maximum Gasteiger partial charge on any atom is 0.227 e. The van der Waals surface area contributed by atoms with Crippen LogP contribution in [0.4, 0.5) is 5.69 Å². The van der Waals surface area contributed by atoms with E-state index in [0.29, 0.717) is 0 Å². The molecule has 1 aliphatic heterocycles. The molecule has 4 nitrogen and oxygen atoms in total. The summed E-state index contributed by atoms with van der Waals surface area (Å²) in [5.41, 5.74) is 5.87. The van der Waals surface area contributed by atoms with Crippen LogP contribution in [0, 0.1) is 5.92 Å². The maximum absolute atomic E-state index is 12.7. The zero-order valence-electron chi connectivity index (χ0n) is 16.3. The molecule has 2 heterocycles. The molecule has 0 aliphatic carbocycles. The molecule has 1 N–H and O–H groups in total. The van der Waals surface area contributed by atoms with Gasteiger partial charge in [0.2, 0.25) is 5.91 Å². The van der Waals surface area contributed by atoms with E-state index in [2.05, 4.69) is 51.6 Å². The van der Waals surface area contributed by atoms with E-state index < -0.39 is 0 Å². The molecular formula is C24H25N3OS. The van der Waals surface area contributed by atoms with Crippen molar-refractivity contribution in [3.8, 4) is 11.3 Å². The summed E-state index contributed by atoms with van der Waals surface area (Å²) in [7, 11) is 0. The Bertz CT molecular complexity index is 945. The molecule has 29 heavy (non-hydrogen) atoms. The van der Waals surface area contributed by atoms with Gasteiger partial charge in [-0.2, -0.15) is 0 Å². The highest BCUT2D eigenvalue weighted by atomic mass is 32.1. The molecule has 0 saturated carbocycles. The fourth-order valence-electron chi connectivity index (χ4n) is 3.64. The molecule has 1 aliphatic rings. The van der Waals surface area contributed by atoms with Crippen LogP contribution in [-0.4, -0.2) is 35.4 Å². The van der Waals surface area contributed by atoms with Gasteiger partial charge >= 0.3 is 0 Å². The number of aromatic nitrogens is 1. The first-order valence-corrected chi connectivity index (χ1v) is 11.0. The molecule has 2 aromatic carbocycles. The first-order valence-electron chi connectivity index (χ1n) is 10.0. The average Bonchev–Trinajstić information content (AvgIpc) is 3.30. The summed E-state index contributed by atoms with van der Waals surface area (Å²) < 4.78 is 0. The number of anilines is 1. The van der Waals surface area contributed by atoms with Crippen LogP contribution in [0.1, 0.15) is 18.4 Å². The summed E-state index contributed by atoms with van der Waals surface area (Å²) in [5, 5.41) is 5.11. The molecule has 1 fully saturated rings.